The van der Waals surface area contributed by atoms with Gasteiger partial charge in [-0.25, -0.2) is 12.7 Å². The largest absolute Gasteiger partial charge is 0.368 e. The van der Waals surface area contributed by atoms with E-state index in [0.717, 1.165) is 11.1 Å². The predicted molar refractivity (Wildman–Crippen MR) is 115 cm³/mol. The zero-order valence-corrected chi connectivity index (χ0v) is 18.8. The Morgan fingerprint density at radius 3 is 2.18 bits per heavy atom. The summed E-state index contributed by atoms with van der Waals surface area (Å²) >= 11 is 0. The number of sulfonamides is 1. The molecule has 0 radical (unpaired) electrons. The second kappa shape index (κ2) is 11.5. The van der Waals surface area contributed by atoms with Crippen LogP contribution in [-0.4, -0.2) is 42.9 Å². The fourth-order valence-electron chi connectivity index (χ4n) is 3.29. The smallest absolute Gasteiger partial charge is 0.220 e. The minimum atomic E-state index is -3.43. The predicted octanol–water partition coefficient (Wildman–Crippen LogP) is 4.19. The lowest BCUT2D eigenvalue weighted by Gasteiger charge is -2.26. The molecule has 1 aromatic rings. The number of Topliss-reactive ketones (excluding diaryl/α,β-unsaturated/α-hetero) is 1. The fraction of sp³-hybridized carbons (Fsp3) is 0.591. The van der Waals surface area contributed by atoms with Gasteiger partial charge in [-0.2, -0.15) is 0 Å². The molecule has 0 N–H and O–H groups in total. The monoisotopic (exact) mass is 409 g/mol. The number of rotatable bonds is 12. The molecule has 0 amide bonds. The normalized spacial score (nSPS) is 16.0. The first-order valence-electron chi connectivity index (χ1n) is 10.0. The third-order valence-electron chi connectivity index (χ3n) is 5.06. The van der Waals surface area contributed by atoms with Gasteiger partial charge in [-0.1, -0.05) is 64.1 Å². The van der Waals surface area contributed by atoms with Crippen molar-refractivity contribution in [2.45, 2.75) is 65.9 Å². The standard InChI is InChI=1S/C22H35NO4S/c1-7-21(24)19(6)22(27-16-20-13-11-10-12-14-20)17(4)15-18(5)28(25,26)23(8-2)9-3/h10-15,18-19,22H,7-9,16H2,1-6H3/b17-15-/t18-,19-,22-/m1/s1. The van der Waals surface area contributed by atoms with Crippen LogP contribution in [0.5, 0.6) is 0 Å². The molecule has 0 unspecified atom stereocenters. The van der Waals surface area contributed by atoms with Gasteiger partial charge >= 0.3 is 0 Å². The molecular formula is C22H35NO4S. The van der Waals surface area contributed by atoms with Gasteiger partial charge in [0.1, 0.15) is 5.78 Å². The average Bonchev–Trinajstić information content (AvgIpc) is 2.68. The number of nitrogens with zero attached hydrogens (tertiary/aromatic N) is 1. The van der Waals surface area contributed by atoms with Crippen molar-refractivity contribution in [1.29, 1.82) is 0 Å². The van der Waals surface area contributed by atoms with Gasteiger partial charge in [-0.3, -0.25) is 4.79 Å². The van der Waals surface area contributed by atoms with Crippen molar-refractivity contribution >= 4 is 15.8 Å². The Morgan fingerprint density at radius 2 is 1.68 bits per heavy atom. The van der Waals surface area contributed by atoms with E-state index >= 15 is 0 Å². The number of hydrogen-bond donors (Lipinski definition) is 0. The van der Waals surface area contributed by atoms with E-state index in [4.69, 9.17) is 4.74 Å². The van der Waals surface area contributed by atoms with Crippen LogP contribution < -0.4 is 0 Å². The molecule has 0 aromatic heterocycles. The summed E-state index contributed by atoms with van der Waals surface area (Å²) in [5.74, 6) is -0.238. The van der Waals surface area contributed by atoms with Crippen LogP contribution in [0.25, 0.3) is 0 Å². The number of carbonyl (C=O) groups is 1. The molecule has 0 fully saturated rings. The van der Waals surface area contributed by atoms with Gasteiger partial charge in [0.15, 0.2) is 0 Å². The first kappa shape index (κ1) is 24.5. The summed E-state index contributed by atoms with van der Waals surface area (Å²) in [7, 11) is -3.43. The minimum absolute atomic E-state index is 0.102. The van der Waals surface area contributed by atoms with Crippen LogP contribution in [0.15, 0.2) is 42.0 Å². The Morgan fingerprint density at radius 1 is 1.11 bits per heavy atom. The summed E-state index contributed by atoms with van der Waals surface area (Å²) in [5.41, 5.74) is 1.79. The van der Waals surface area contributed by atoms with Gasteiger partial charge in [0.2, 0.25) is 10.0 Å². The zero-order chi connectivity index (χ0) is 21.3. The molecule has 5 nitrogen and oxygen atoms in total. The van der Waals surface area contributed by atoms with Gasteiger partial charge in [0.25, 0.3) is 0 Å². The highest BCUT2D eigenvalue weighted by atomic mass is 32.2. The zero-order valence-electron chi connectivity index (χ0n) is 18.0. The van der Waals surface area contributed by atoms with Crippen LogP contribution in [0, 0.1) is 5.92 Å². The Balaban J connectivity index is 3.09. The molecule has 0 heterocycles. The number of ether oxygens (including phenoxy) is 1. The van der Waals surface area contributed by atoms with Gasteiger partial charge in [0.05, 0.1) is 18.0 Å². The highest BCUT2D eigenvalue weighted by molar-refractivity contribution is 7.89. The van der Waals surface area contributed by atoms with Crippen LogP contribution in [-0.2, 0) is 26.2 Å². The minimum Gasteiger partial charge on any atom is -0.368 e. The van der Waals surface area contributed by atoms with E-state index in [1.165, 1.54) is 4.31 Å². The SMILES string of the molecule is CCC(=O)[C@@H](C)[C@H](OCc1ccccc1)/C(C)=C\[C@@H](C)S(=O)(=O)N(CC)CC. The van der Waals surface area contributed by atoms with E-state index in [-0.39, 0.29) is 11.7 Å². The van der Waals surface area contributed by atoms with Crippen LogP contribution in [0.2, 0.25) is 0 Å². The van der Waals surface area contributed by atoms with Crippen LogP contribution in [0.3, 0.4) is 0 Å². The molecule has 0 aliphatic heterocycles. The molecule has 0 aliphatic rings. The van der Waals surface area contributed by atoms with Crippen LogP contribution in [0.1, 0.15) is 53.5 Å². The van der Waals surface area contributed by atoms with Crippen molar-refractivity contribution in [3.8, 4) is 0 Å². The molecular weight excluding hydrogens is 374 g/mol. The molecule has 1 rings (SSSR count). The number of hydrogen-bond acceptors (Lipinski definition) is 4. The highest BCUT2D eigenvalue weighted by Crippen LogP contribution is 2.23. The third-order valence-corrected chi connectivity index (χ3v) is 7.38. The molecule has 1 aromatic carbocycles. The van der Waals surface area contributed by atoms with Gasteiger partial charge < -0.3 is 4.74 Å². The van der Waals surface area contributed by atoms with Gasteiger partial charge in [-0.05, 0) is 25.0 Å². The summed E-state index contributed by atoms with van der Waals surface area (Å²) in [4.78, 5) is 12.3. The molecule has 0 saturated carbocycles. The molecule has 0 bridgehead atoms. The Kier molecular flexibility index (Phi) is 10.1. The number of carbonyl (C=O) groups excluding carboxylic acids is 1. The van der Waals surface area contributed by atoms with E-state index in [2.05, 4.69) is 0 Å². The maximum atomic E-state index is 12.8. The summed E-state index contributed by atoms with van der Waals surface area (Å²) in [6, 6.07) is 9.76. The van der Waals surface area contributed by atoms with E-state index in [9.17, 15) is 13.2 Å². The average molecular weight is 410 g/mol. The van der Waals surface area contributed by atoms with Gasteiger partial charge in [-0.15, -0.1) is 0 Å². The topological polar surface area (TPSA) is 63.7 Å². The van der Waals surface area contributed by atoms with Crippen molar-refractivity contribution < 1.29 is 17.9 Å². The van der Waals surface area contributed by atoms with Crippen LogP contribution >= 0.6 is 0 Å². The van der Waals surface area contributed by atoms with Crippen molar-refractivity contribution in [3.63, 3.8) is 0 Å². The van der Waals surface area contributed by atoms with Crippen molar-refractivity contribution in [1.82, 2.24) is 4.31 Å². The Bertz CT molecular complexity index is 739. The van der Waals surface area contributed by atoms with Crippen molar-refractivity contribution in [2.24, 2.45) is 5.92 Å². The number of ketones is 1. The van der Waals surface area contributed by atoms with Crippen LogP contribution in [0.4, 0.5) is 0 Å². The first-order chi connectivity index (χ1) is 13.2. The summed E-state index contributed by atoms with van der Waals surface area (Å²) in [6.45, 7) is 12.1. The lowest BCUT2D eigenvalue weighted by atomic mass is 9.92. The molecule has 0 spiro atoms. The second-order valence-corrected chi connectivity index (χ2v) is 9.36. The molecule has 0 aliphatic carbocycles. The lowest BCUT2D eigenvalue weighted by molar-refractivity contribution is -0.126. The Labute approximate surface area is 170 Å². The molecule has 158 valence electrons. The highest BCUT2D eigenvalue weighted by Gasteiger charge is 2.29. The van der Waals surface area contributed by atoms with Gasteiger partial charge in [0, 0.05) is 25.4 Å². The molecule has 3 atom stereocenters. The van der Waals surface area contributed by atoms with E-state index in [0.29, 0.717) is 26.1 Å². The van der Waals surface area contributed by atoms with E-state index in [1.54, 1.807) is 13.0 Å². The summed E-state index contributed by atoms with van der Waals surface area (Å²) in [6.07, 6.45) is 1.69. The van der Waals surface area contributed by atoms with E-state index in [1.807, 2.05) is 65.0 Å². The molecule has 6 heteroatoms. The molecule has 0 saturated heterocycles. The van der Waals surface area contributed by atoms with E-state index < -0.39 is 21.4 Å². The van der Waals surface area contributed by atoms with Crippen molar-refractivity contribution in [3.05, 3.63) is 47.5 Å². The van der Waals surface area contributed by atoms with Crippen molar-refractivity contribution in [2.75, 3.05) is 13.1 Å². The Hall–Kier alpha value is -1.50. The fourth-order valence-corrected chi connectivity index (χ4v) is 4.87. The summed E-state index contributed by atoms with van der Waals surface area (Å²) < 4.78 is 33.1. The first-order valence-corrected chi connectivity index (χ1v) is 11.5. The quantitative estimate of drug-likeness (QED) is 0.486. The lowest BCUT2D eigenvalue weighted by Crippen LogP contribution is -2.37. The number of benzene rings is 1. The molecule has 28 heavy (non-hydrogen) atoms. The maximum absolute atomic E-state index is 12.8. The second-order valence-electron chi connectivity index (χ2n) is 7.07. The third kappa shape index (κ3) is 6.54. The maximum Gasteiger partial charge on any atom is 0.220 e. The summed E-state index contributed by atoms with van der Waals surface area (Å²) in [5, 5.41) is -0.681.